The maximum atomic E-state index is 10.6. The van der Waals surface area contributed by atoms with Crippen molar-refractivity contribution in [2.24, 2.45) is 9.63 Å². The Hall–Kier alpha value is -1.47. The van der Waals surface area contributed by atoms with Gasteiger partial charge in [0.25, 0.3) is 10.0 Å². The first-order chi connectivity index (χ1) is 6.49. The van der Waals surface area contributed by atoms with Gasteiger partial charge in [0.05, 0.1) is 18.2 Å². The van der Waals surface area contributed by atoms with E-state index in [0.717, 1.165) is 17.5 Å². The highest BCUT2D eigenvalue weighted by atomic mass is 32.2. The summed E-state index contributed by atoms with van der Waals surface area (Å²) in [7, 11) is -3.47. The molecular formula is C7H9N3O3S. The van der Waals surface area contributed by atoms with Crippen LogP contribution in [0.2, 0.25) is 0 Å². The van der Waals surface area contributed by atoms with Crippen molar-refractivity contribution in [3.63, 3.8) is 0 Å². The molecule has 6 nitrogen and oxygen atoms in total. The molecule has 7 heteroatoms. The molecule has 0 spiro atoms. The van der Waals surface area contributed by atoms with Gasteiger partial charge in [0.2, 0.25) is 0 Å². The largest absolute Gasteiger partial charge is 0.284 e. The molecule has 0 amide bonds. The van der Waals surface area contributed by atoms with Crippen LogP contribution in [0.5, 0.6) is 0 Å². The molecule has 1 rings (SSSR count). The lowest BCUT2D eigenvalue weighted by molar-refractivity contribution is -0.000512. The van der Waals surface area contributed by atoms with Crippen LogP contribution in [-0.2, 0) is 10.0 Å². The Morgan fingerprint density at radius 2 is 2.21 bits per heavy atom. The Bertz CT molecular complexity index is 419. The highest BCUT2D eigenvalue weighted by Crippen LogP contribution is 2.09. The average Bonchev–Trinajstić information content (AvgIpc) is 2.06. The predicted molar refractivity (Wildman–Crippen MR) is 49.7 cm³/mol. The molecule has 1 aliphatic heterocycles. The standard InChI is InChI=1S/C7H9N3O3S/c1-14(12,13)9-8-6-7-4-2-3-5-10(7)11/h2-6,11H,1H3. The number of allylic oxidation sites excluding steroid dienone is 3. The van der Waals surface area contributed by atoms with E-state index in [1.54, 1.807) is 18.2 Å². The summed E-state index contributed by atoms with van der Waals surface area (Å²) in [4.78, 5) is 0. The topological polar surface area (TPSA) is 82.3 Å². The Morgan fingerprint density at radius 1 is 1.50 bits per heavy atom. The van der Waals surface area contributed by atoms with Gasteiger partial charge in [-0.1, -0.05) is 10.6 Å². The molecular weight excluding hydrogens is 206 g/mol. The Balaban J connectivity index is 2.76. The molecule has 0 saturated heterocycles. The summed E-state index contributed by atoms with van der Waals surface area (Å²) in [6, 6.07) is 0. The highest BCUT2D eigenvalue weighted by molar-refractivity contribution is 7.89. The Kier molecular flexibility index (Phi) is 3.15. The van der Waals surface area contributed by atoms with Crippen molar-refractivity contribution in [2.75, 3.05) is 6.26 Å². The minimum absolute atomic E-state index is 0.333. The van der Waals surface area contributed by atoms with Crippen molar-refractivity contribution in [3.8, 4) is 0 Å². The molecule has 0 aromatic rings. The summed E-state index contributed by atoms with van der Waals surface area (Å²) in [6.45, 7) is 0. The van der Waals surface area contributed by atoms with E-state index in [9.17, 15) is 13.6 Å². The van der Waals surface area contributed by atoms with Crippen LogP contribution in [-0.4, -0.2) is 24.9 Å². The lowest BCUT2D eigenvalue weighted by Gasteiger charge is -2.13. The fraction of sp³-hybridized carbons (Fsp3) is 0.143. The molecule has 76 valence electrons. The molecule has 0 aromatic carbocycles. The van der Waals surface area contributed by atoms with Crippen LogP contribution in [0.4, 0.5) is 0 Å². The van der Waals surface area contributed by atoms with Gasteiger partial charge < -0.3 is 0 Å². The first-order valence-corrected chi connectivity index (χ1v) is 5.49. The second-order valence-corrected chi connectivity index (χ2v) is 4.16. The van der Waals surface area contributed by atoms with Crippen LogP contribution in [0.25, 0.3) is 0 Å². The monoisotopic (exact) mass is 215 g/mol. The van der Waals surface area contributed by atoms with Crippen LogP contribution in [0, 0.1) is 0 Å². The van der Waals surface area contributed by atoms with Gasteiger partial charge in [-0.05, 0) is 12.2 Å². The van der Waals surface area contributed by atoms with Crippen LogP contribution in [0.1, 0.15) is 0 Å². The zero-order valence-electron chi connectivity index (χ0n) is 7.40. The fourth-order valence-electron chi connectivity index (χ4n) is 0.718. The summed E-state index contributed by atoms with van der Waals surface area (Å²) >= 11 is 0. The summed E-state index contributed by atoms with van der Waals surface area (Å²) in [6.07, 6.45) is 8.31. The number of hydrogen-bond donors (Lipinski definition) is 1. The molecule has 0 bridgehead atoms. The SMILES string of the molecule is CS(=O)(=O)N=NC=C1C=CC=CN1O. The number of nitrogens with zero attached hydrogens (tertiary/aromatic N) is 3. The van der Waals surface area contributed by atoms with Crippen molar-refractivity contribution in [2.45, 2.75) is 0 Å². The maximum Gasteiger partial charge on any atom is 0.267 e. The number of rotatable bonds is 2. The molecule has 0 atom stereocenters. The summed E-state index contributed by atoms with van der Waals surface area (Å²) < 4.78 is 24.1. The van der Waals surface area contributed by atoms with Gasteiger partial charge in [0, 0.05) is 6.20 Å². The quantitative estimate of drug-likeness (QED) is 0.697. The van der Waals surface area contributed by atoms with Gasteiger partial charge in [-0.3, -0.25) is 5.21 Å². The molecule has 0 saturated carbocycles. The van der Waals surface area contributed by atoms with Crippen molar-refractivity contribution in [1.82, 2.24) is 5.06 Å². The van der Waals surface area contributed by atoms with Crippen molar-refractivity contribution in [1.29, 1.82) is 0 Å². The van der Waals surface area contributed by atoms with Crippen molar-refractivity contribution in [3.05, 3.63) is 36.3 Å². The third kappa shape index (κ3) is 3.50. The number of sulfonamides is 1. The zero-order chi connectivity index (χ0) is 10.6. The zero-order valence-corrected chi connectivity index (χ0v) is 8.22. The minimum Gasteiger partial charge on any atom is -0.284 e. The van der Waals surface area contributed by atoms with E-state index in [0.29, 0.717) is 5.70 Å². The third-order valence-electron chi connectivity index (χ3n) is 1.26. The van der Waals surface area contributed by atoms with Gasteiger partial charge in [-0.2, -0.15) is 0 Å². The number of hydroxylamine groups is 2. The average molecular weight is 215 g/mol. The van der Waals surface area contributed by atoms with E-state index >= 15 is 0 Å². The minimum atomic E-state index is -3.47. The summed E-state index contributed by atoms with van der Waals surface area (Å²) in [5, 5.41) is 13.3. The second kappa shape index (κ2) is 4.16. The van der Waals surface area contributed by atoms with Gasteiger partial charge in [-0.25, -0.2) is 13.5 Å². The third-order valence-corrected chi connectivity index (χ3v) is 1.65. The van der Waals surface area contributed by atoms with E-state index in [2.05, 4.69) is 9.63 Å². The first kappa shape index (κ1) is 10.6. The van der Waals surface area contributed by atoms with Crippen LogP contribution < -0.4 is 0 Å². The molecule has 1 N–H and O–H groups in total. The molecule has 1 aliphatic rings. The summed E-state index contributed by atoms with van der Waals surface area (Å²) in [5.41, 5.74) is 0.333. The van der Waals surface area contributed by atoms with Crippen molar-refractivity contribution >= 4 is 10.0 Å². The fourth-order valence-corrected chi connectivity index (χ4v) is 0.937. The molecule has 0 aromatic heterocycles. The van der Waals surface area contributed by atoms with E-state index in [1.807, 2.05) is 0 Å². The molecule has 0 aliphatic carbocycles. The molecule has 0 fully saturated rings. The second-order valence-electron chi connectivity index (χ2n) is 2.53. The first-order valence-electron chi connectivity index (χ1n) is 3.64. The van der Waals surface area contributed by atoms with Crippen molar-refractivity contribution < 1.29 is 13.6 Å². The lowest BCUT2D eigenvalue weighted by Crippen LogP contribution is -2.10. The Morgan fingerprint density at radius 3 is 2.79 bits per heavy atom. The van der Waals surface area contributed by atoms with E-state index < -0.39 is 10.0 Å². The lowest BCUT2D eigenvalue weighted by atomic mass is 10.3. The summed E-state index contributed by atoms with van der Waals surface area (Å²) in [5.74, 6) is 0. The van der Waals surface area contributed by atoms with E-state index in [-0.39, 0.29) is 0 Å². The molecule has 1 heterocycles. The van der Waals surface area contributed by atoms with Crippen LogP contribution in [0.15, 0.2) is 46.0 Å². The molecule has 0 radical (unpaired) electrons. The Labute approximate surface area is 81.6 Å². The van der Waals surface area contributed by atoms with Crippen LogP contribution in [0.3, 0.4) is 0 Å². The smallest absolute Gasteiger partial charge is 0.267 e. The van der Waals surface area contributed by atoms with Crippen LogP contribution >= 0.6 is 0 Å². The molecule has 14 heavy (non-hydrogen) atoms. The van der Waals surface area contributed by atoms with Gasteiger partial charge in [0.15, 0.2) is 0 Å². The maximum absolute atomic E-state index is 10.6. The predicted octanol–water partition coefficient (Wildman–Crippen LogP) is 1.01. The highest BCUT2D eigenvalue weighted by Gasteiger charge is 2.01. The number of hydrogen-bond acceptors (Lipinski definition) is 5. The van der Waals surface area contributed by atoms with Gasteiger partial charge >= 0.3 is 0 Å². The van der Waals surface area contributed by atoms with E-state index in [4.69, 9.17) is 0 Å². The molecule has 0 unspecified atom stereocenters. The van der Waals surface area contributed by atoms with Gasteiger partial charge in [0.1, 0.15) is 0 Å². The van der Waals surface area contributed by atoms with Gasteiger partial charge in [-0.15, -0.1) is 5.11 Å². The van der Waals surface area contributed by atoms with E-state index in [1.165, 1.54) is 6.20 Å². The normalized spacial score (nSPS) is 19.9.